The number of hydrogen-bond acceptors (Lipinski definition) is 5. The normalized spacial score (nSPS) is 25.7. The van der Waals surface area contributed by atoms with Crippen molar-refractivity contribution >= 4 is 9.84 Å². The Hall–Kier alpha value is -1.27. The van der Waals surface area contributed by atoms with Crippen LogP contribution in [0.4, 0.5) is 0 Å². The Morgan fingerprint density at radius 3 is 2.91 bits per heavy atom. The summed E-state index contributed by atoms with van der Waals surface area (Å²) in [7, 11) is -2.86. The Morgan fingerprint density at radius 1 is 1.41 bits per heavy atom. The van der Waals surface area contributed by atoms with Gasteiger partial charge in [-0.25, -0.2) is 8.42 Å². The molecule has 122 valence electrons. The smallest absolute Gasteiger partial charge is 0.151 e. The maximum absolute atomic E-state index is 11.5. The molecule has 0 aromatic heterocycles. The molecule has 0 radical (unpaired) electrons. The van der Waals surface area contributed by atoms with E-state index >= 15 is 0 Å². The first-order chi connectivity index (χ1) is 10.5. The molecule has 0 saturated carbocycles. The van der Waals surface area contributed by atoms with E-state index in [1.54, 1.807) is 0 Å². The van der Waals surface area contributed by atoms with Crippen LogP contribution < -0.4 is 14.8 Å². The van der Waals surface area contributed by atoms with Gasteiger partial charge in [0.15, 0.2) is 9.84 Å². The molecule has 1 N–H and O–H groups in total. The van der Waals surface area contributed by atoms with Crippen molar-refractivity contribution in [2.45, 2.75) is 45.4 Å². The summed E-state index contributed by atoms with van der Waals surface area (Å²) in [6, 6.07) is 4.12. The Morgan fingerprint density at radius 2 is 2.23 bits per heavy atom. The lowest BCUT2D eigenvalue weighted by Crippen LogP contribution is -2.29. The monoisotopic (exact) mass is 325 g/mol. The van der Waals surface area contributed by atoms with E-state index in [1.165, 1.54) is 5.56 Å². The lowest BCUT2D eigenvalue weighted by Gasteiger charge is -2.15. The summed E-state index contributed by atoms with van der Waals surface area (Å²) in [5.74, 6) is 2.31. The van der Waals surface area contributed by atoms with Gasteiger partial charge in [-0.15, -0.1) is 0 Å². The highest BCUT2D eigenvalue weighted by Crippen LogP contribution is 2.35. The number of sulfone groups is 1. The van der Waals surface area contributed by atoms with Gasteiger partial charge in [0.25, 0.3) is 0 Å². The van der Waals surface area contributed by atoms with Crippen molar-refractivity contribution in [2.24, 2.45) is 0 Å². The fraction of sp³-hybridized carbons (Fsp3) is 0.625. The van der Waals surface area contributed by atoms with Crippen molar-refractivity contribution in [3.63, 3.8) is 0 Å². The summed E-state index contributed by atoms with van der Waals surface area (Å²) in [6.45, 7) is 5.23. The molecule has 0 unspecified atom stereocenters. The quantitative estimate of drug-likeness (QED) is 0.892. The molecule has 1 saturated heterocycles. The van der Waals surface area contributed by atoms with Gasteiger partial charge in [0.2, 0.25) is 0 Å². The Kier molecular flexibility index (Phi) is 4.32. The summed E-state index contributed by atoms with van der Waals surface area (Å²) >= 11 is 0. The third kappa shape index (κ3) is 3.38. The molecule has 1 aromatic rings. The van der Waals surface area contributed by atoms with Crippen LogP contribution in [0.25, 0.3) is 0 Å². The minimum Gasteiger partial charge on any atom is -0.494 e. The zero-order valence-corrected chi connectivity index (χ0v) is 13.9. The minimum absolute atomic E-state index is 0.0348. The molecule has 0 amide bonds. The highest BCUT2D eigenvalue weighted by molar-refractivity contribution is 7.91. The third-order valence-electron chi connectivity index (χ3n) is 4.19. The van der Waals surface area contributed by atoms with Crippen LogP contribution in [0.1, 0.15) is 31.4 Å². The number of fused-ring (bicyclic) bond motifs is 1. The molecule has 0 aliphatic carbocycles. The van der Waals surface area contributed by atoms with E-state index in [2.05, 4.69) is 18.3 Å². The van der Waals surface area contributed by atoms with E-state index in [9.17, 15) is 8.42 Å². The molecule has 2 aliphatic heterocycles. The van der Waals surface area contributed by atoms with Gasteiger partial charge in [-0.3, -0.25) is 0 Å². The van der Waals surface area contributed by atoms with Crippen LogP contribution in [0, 0.1) is 0 Å². The van der Waals surface area contributed by atoms with Gasteiger partial charge >= 0.3 is 0 Å². The van der Waals surface area contributed by atoms with E-state index in [-0.39, 0.29) is 23.7 Å². The van der Waals surface area contributed by atoms with E-state index in [0.29, 0.717) is 19.6 Å². The lowest BCUT2D eigenvalue weighted by molar-refractivity contribution is 0.254. The molecular weight excluding hydrogens is 302 g/mol. The zero-order valence-electron chi connectivity index (χ0n) is 13.1. The fourth-order valence-electron chi connectivity index (χ4n) is 3.12. The molecule has 0 spiro atoms. The van der Waals surface area contributed by atoms with Gasteiger partial charge in [-0.1, -0.05) is 0 Å². The maximum Gasteiger partial charge on any atom is 0.151 e. The highest BCUT2D eigenvalue weighted by atomic mass is 32.2. The topological polar surface area (TPSA) is 64.6 Å². The molecule has 22 heavy (non-hydrogen) atoms. The average molecular weight is 325 g/mol. The second-order valence-electron chi connectivity index (χ2n) is 6.11. The Labute approximate surface area is 131 Å². The number of benzene rings is 1. The van der Waals surface area contributed by atoms with Crippen LogP contribution in [0.5, 0.6) is 11.5 Å². The molecule has 5 nitrogen and oxygen atoms in total. The number of nitrogens with one attached hydrogen (secondary N) is 1. The second-order valence-corrected chi connectivity index (χ2v) is 8.34. The van der Waals surface area contributed by atoms with Crippen LogP contribution in [0.2, 0.25) is 0 Å². The lowest BCUT2D eigenvalue weighted by atomic mass is 10.1. The predicted molar refractivity (Wildman–Crippen MR) is 85.3 cm³/mol. The maximum atomic E-state index is 11.5. The SMILES string of the molecule is CCOc1cc2c(cc1CN[C@@H]1CCS(=O)(=O)C1)O[C@H](C)C2. The first-order valence-electron chi connectivity index (χ1n) is 7.86. The van der Waals surface area contributed by atoms with Gasteiger partial charge in [-0.2, -0.15) is 0 Å². The first-order valence-corrected chi connectivity index (χ1v) is 9.68. The average Bonchev–Trinajstić information content (AvgIpc) is 2.97. The van der Waals surface area contributed by atoms with E-state index in [4.69, 9.17) is 9.47 Å². The highest BCUT2D eigenvalue weighted by Gasteiger charge is 2.28. The minimum atomic E-state index is -2.86. The van der Waals surface area contributed by atoms with Crippen molar-refractivity contribution in [1.29, 1.82) is 0 Å². The van der Waals surface area contributed by atoms with Crippen LogP contribution in [0.3, 0.4) is 0 Å². The summed E-state index contributed by atoms with van der Waals surface area (Å²) in [5.41, 5.74) is 2.21. The predicted octanol–water partition coefficient (Wildman–Crippen LogP) is 1.69. The van der Waals surface area contributed by atoms with Gasteiger partial charge in [0.05, 0.1) is 18.1 Å². The van der Waals surface area contributed by atoms with Crippen LogP contribution in [0.15, 0.2) is 12.1 Å². The van der Waals surface area contributed by atoms with E-state index in [0.717, 1.165) is 23.5 Å². The number of rotatable bonds is 5. The van der Waals surface area contributed by atoms with E-state index in [1.807, 2.05) is 13.0 Å². The van der Waals surface area contributed by atoms with Gasteiger partial charge < -0.3 is 14.8 Å². The van der Waals surface area contributed by atoms with Crippen molar-refractivity contribution in [3.05, 3.63) is 23.3 Å². The van der Waals surface area contributed by atoms with Crippen LogP contribution >= 0.6 is 0 Å². The van der Waals surface area contributed by atoms with Crippen molar-refractivity contribution < 1.29 is 17.9 Å². The number of ether oxygens (including phenoxy) is 2. The van der Waals surface area contributed by atoms with Crippen LogP contribution in [-0.4, -0.2) is 38.7 Å². The van der Waals surface area contributed by atoms with Crippen molar-refractivity contribution in [2.75, 3.05) is 18.1 Å². The van der Waals surface area contributed by atoms with Gasteiger partial charge in [0.1, 0.15) is 17.6 Å². The second kappa shape index (κ2) is 6.08. The Balaban J connectivity index is 1.73. The van der Waals surface area contributed by atoms with Gasteiger partial charge in [-0.05, 0) is 32.4 Å². The zero-order chi connectivity index (χ0) is 15.7. The van der Waals surface area contributed by atoms with Crippen molar-refractivity contribution in [1.82, 2.24) is 5.32 Å². The summed E-state index contributed by atoms with van der Waals surface area (Å²) in [4.78, 5) is 0. The largest absolute Gasteiger partial charge is 0.494 e. The molecule has 1 aromatic carbocycles. The molecule has 1 fully saturated rings. The fourth-order valence-corrected chi connectivity index (χ4v) is 4.83. The molecule has 6 heteroatoms. The molecule has 2 aliphatic rings. The molecular formula is C16H23NO4S. The summed E-state index contributed by atoms with van der Waals surface area (Å²) < 4.78 is 34.6. The summed E-state index contributed by atoms with van der Waals surface area (Å²) in [6.07, 6.45) is 1.79. The summed E-state index contributed by atoms with van der Waals surface area (Å²) in [5, 5.41) is 3.34. The Bertz CT molecular complexity index is 656. The third-order valence-corrected chi connectivity index (χ3v) is 5.96. The molecule has 3 rings (SSSR count). The first kappa shape index (κ1) is 15.6. The standard InChI is InChI=1S/C16H23NO4S/c1-3-20-15-7-12-6-11(2)21-16(12)8-13(15)9-17-14-4-5-22(18,19)10-14/h7-8,11,14,17H,3-6,9-10H2,1-2H3/t11-,14-/m1/s1. The van der Waals surface area contributed by atoms with Gasteiger partial charge in [0, 0.05) is 30.1 Å². The molecule has 0 bridgehead atoms. The van der Waals surface area contributed by atoms with Crippen molar-refractivity contribution in [3.8, 4) is 11.5 Å². The number of hydrogen-bond donors (Lipinski definition) is 1. The van der Waals surface area contributed by atoms with Crippen LogP contribution in [-0.2, 0) is 22.8 Å². The molecule has 2 atom stereocenters. The van der Waals surface area contributed by atoms with E-state index < -0.39 is 9.84 Å². The molecule has 2 heterocycles.